The van der Waals surface area contributed by atoms with E-state index in [9.17, 15) is 13.6 Å². The highest BCUT2D eigenvalue weighted by molar-refractivity contribution is 5.71. The lowest BCUT2D eigenvalue weighted by Crippen LogP contribution is -2.33. The molecule has 1 saturated carbocycles. The number of ether oxygens (including phenoxy) is 2. The Balaban J connectivity index is 1.95. The first-order chi connectivity index (χ1) is 10.5. The number of halogens is 2. The second-order valence-electron chi connectivity index (χ2n) is 5.51. The van der Waals surface area contributed by atoms with Crippen LogP contribution in [0, 0.1) is 11.6 Å². The van der Waals surface area contributed by atoms with Gasteiger partial charge in [-0.1, -0.05) is 19.6 Å². The first-order valence-corrected chi connectivity index (χ1v) is 7.46. The van der Waals surface area contributed by atoms with Crippen molar-refractivity contribution in [1.29, 1.82) is 0 Å². The second kappa shape index (κ2) is 6.90. The molecule has 3 nitrogen and oxygen atoms in total. The fourth-order valence-electron chi connectivity index (χ4n) is 2.80. The molecule has 5 heteroatoms. The Kier molecular flexibility index (Phi) is 5.16. The fraction of sp³-hybridized carbons (Fsp3) is 0.471. The third-order valence-corrected chi connectivity index (χ3v) is 4.10. The van der Waals surface area contributed by atoms with Crippen molar-refractivity contribution in [3.8, 4) is 5.75 Å². The zero-order chi connectivity index (χ0) is 16.2. The minimum atomic E-state index is -0.779. The van der Waals surface area contributed by atoms with Gasteiger partial charge in [-0.15, -0.1) is 0 Å². The van der Waals surface area contributed by atoms with Crippen LogP contribution in [-0.2, 0) is 9.53 Å². The number of carbonyl (C=O) groups excluding carboxylic acids is 1. The molecule has 0 unspecified atom stereocenters. The van der Waals surface area contributed by atoms with E-state index in [2.05, 4.69) is 6.58 Å². The second-order valence-corrected chi connectivity index (χ2v) is 5.51. The zero-order valence-corrected chi connectivity index (χ0v) is 12.7. The molecule has 1 aromatic carbocycles. The Morgan fingerprint density at radius 2 is 1.91 bits per heavy atom. The van der Waals surface area contributed by atoms with Gasteiger partial charge in [0.15, 0.2) is 6.61 Å². The number of hydrogen-bond donors (Lipinski definition) is 0. The van der Waals surface area contributed by atoms with E-state index in [4.69, 9.17) is 9.47 Å². The quantitative estimate of drug-likeness (QED) is 0.737. The van der Waals surface area contributed by atoms with E-state index in [-0.39, 0.29) is 17.9 Å². The molecular weight excluding hydrogens is 290 g/mol. The Labute approximate surface area is 128 Å². The fourth-order valence-corrected chi connectivity index (χ4v) is 2.80. The van der Waals surface area contributed by atoms with Crippen LogP contribution in [-0.4, -0.2) is 18.2 Å². The molecule has 1 aliphatic rings. The summed E-state index contributed by atoms with van der Waals surface area (Å²) < 4.78 is 37.8. The summed E-state index contributed by atoms with van der Waals surface area (Å²) >= 11 is 0. The van der Waals surface area contributed by atoms with Gasteiger partial charge in [0.05, 0.1) is 0 Å². The molecule has 0 amide bonds. The minimum Gasteiger partial charge on any atom is -0.482 e. The summed E-state index contributed by atoms with van der Waals surface area (Å²) in [6.07, 6.45) is 5.64. The van der Waals surface area contributed by atoms with Gasteiger partial charge >= 0.3 is 5.97 Å². The predicted octanol–water partition coefficient (Wildman–Crippen LogP) is 4.25. The number of rotatable bonds is 6. The summed E-state index contributed by atoms with van der Waals surface area (Å²) in [5, 5.41) is 0. The van der Waals surface area contributed by atoms with E-state index in [1.807, 2.05) is 6.92 Å². The molecule has 0 N–H and O–H groups in total. The molecule has 1 aliphatic carbocycles. The van der Waals surface area contributed by atoms with Gasteiger partial charge in [-0.2, -0.15) is 0 Å². The molecule has 0 aromatic heterocycles. The van der Waals surface area contributed by atoms with Gasteiger partial charge in [-0.3, -0.25) is 0 Å². The van der Waals surface area contributed by atoms with Crippen molar-refractivity contribution in [3.63, 3.8) is 0 Å². The minimum absolute atomic E-state index is 0.0467. The monoisotopic (exact) mass is 310 g/mol. The van der Waals surface area contributed by atoms with E-state index in [1.54, 1.807) is 0 Å². The van der Waals surface area contributed by atoms with Crippen molar-refractivity contribution in [3.05, 3.63) is 35.9 Å². The summed E-state index contributed by atoms with van der Waals surface area (Å²) in [6, 6.07) is 2.05. The Morgan fingerprint density at radius 3 is 2.41 bits per heavy atom. The van der Waals surface area contributed by atoms with Gasteiger partial charge in [0.2, 0.25) is 0 Å². The highest BCUT2D eigenvalue weighted by Gasteiger charge is 2.35. The van der Waals surface area contributed by atoms with E-state index in [0.29, 0.717) is 0 Å². The molecule has 1 fully saturated rings. The van der Waals surface area contributed by atoms with E-state index in [0.717, 1.165) is 50.3 Å². The van der Waals surface area contributed by atoms with Crippen molar-refractivity contribution in [2.45, 2.75) is 44.6 Å². The maximum Gasteiger partial charge on any atom is 0.344 e. The Bertz CT molecular complexity index is 540. The maximum absolute atomic E-state index is 13.6. The lowest BCUT2D eigenvalue weighted by molar-refractivity contribution is -0.162. The summed E-state index contributed by atoms with van der Waals surface area (Å²) in [6.45, 7) is 4.95. The Hall–Kier alpha value is -1.91. The average Bonchev–Trinajstić information content (AvgIpc) is 2.94. The molecule has 0 radical (unpaired) electrons. The van der Waals surface area contributed by atoms with Crippen molar-refractivity contribution in [2.75, 3.05) is 6.61 Å². The van der Waals surface area contributed by atoms with Crippen molar-refractivity contribution in [1.82, 2.24) is 0 Å². The molecule has 0 atom stereocenters. The third kappa shape index (κ3) is 3.64. The van der Waals surface area contributed by atoms with E-state index < -0.39 is 23.2 Å². The first kappa shape index (κ1) is 16.5. The van der Waals surface area contributed by atoms with E-state index >= 15 is 0 Å². The molecule has 0 aliphatic heterocycles. The summed E-state index contributed by atoms with van der Waals surface area (Å²) in [4.78, 5) is 11.9. The lowest BCUT2D eigenvalue weighted by atomic mass is 9.99. The molecule has 0 spiro atoms. The van der Waals surface area contributed by atoms with Gasteiger partial charge in [-0.25, -0.2) is 13.6 Å². The van der Waals surface area contributed by atoms with Crippen LogP contribution >= 0.6 is 0 Å². The topological polar surface area (TPSA) is 35.5 Å². The van der Waals surface area contributed by atoms with Gasteiger partial charge < -0.3 is 9.47 Å². The van der Waals surface area contributed by atoms with Gasteiger partial charge in [0, 0.05) is 17.7 Å². The number of carbonyl (C=O) groups is 1. The van der Waals surface area contributed by atoms with Gasteiger partial charge in [-0.05, 0) is 32.1 Å². The smallest absolute Gasteiger partial charge is 0.344 e. The van der Waals surface area contributed by atoms with Crippen LogP contribution in [0.15, 0.2) is 18.7 Å². The molecule has 0 bridgehead atoms. The van der Waals surface area contributed by atoms with Crippen LogP contribution in [0.5, 0.6) is 5.75 Å². The van der Waals surface area contributed by atoms with Crippen molar-refractivity contribution < 1.29 is 23.0 Å². The van der Waals surface area contributed by atoms with E-state index in [1.165, 1.54) is 0 Å². The first-order valence-electron chi connectivity index (χ1n) is 7.46. The maximum atomic E-state index is 13.6. The molecule has 0 saturated heterocycles. The molecular formula is C17H20F2O3. The SMILES string of the molecule is C=Cc1c(F)cc(OCC(=O)OC2(CC)CCCC2)cc1F. The summed E-state index contributed by atoms with van der Waals surface area (Å²) in [5.74, 6) is -2.12. The number of hydrogen-bond acceptors (Lipinski definition) is 3. The molecule has 0 heterocycles. The van der Waals surface area contributed by atoms with Gasteiger partial charge in [0.25, 0.3) is 0 Å². The van der Waals surface area contributed by atoms with Crippen LogP contribution in [0.3, 0.4) is 0 Å². The van der Waals surface area contributed by atoms with Crippen LogP contribution in [0.1, 0.15) is 44.6 Å². The van der Waals surface area contributed by atoms with Gasteiger partial charge in [0.1, 0.15) is 23.0 Å². The zero-order valence-electron chi connectivity index (χ0n) is 12.7. The average molecular weight is 310 g/mol. The summed E-state index contributed by atoms with van der Waals surface area (Å²) in [7, 11) is 0. The molecule has 2 rings (SSSR count). The highest BCUT2D eigenvalue weighted by atomic mass is 19.1. The largest absolute Gasteiger partial charge is 0.482 e. The molecule has 22 heavy (non-hydrogen) atoms. The normalized spacial score (nSPS) is 16.3. The summed E-state index contributed by atoms with van der Waals surface area (Å²) in [5.41, 5.74) is -0.616. The van der Waals surface area contributed by atoms with Crippen LogP contribution in [0.4, 0.5) is 8.78 Å². The third-order valence-electron chi connectivity index (χ3n) is 4.10. The Morgan fingerprint density at radius 1 is 1.32 bits per heavy atom. The lowest BCUT2D eigenvalue weighted by Gasteiger charge is -2.27. The number of esters is 1. The highest BCUT2D eigenvalue weighted by Crippen LogP contribution is 2.36. The number of benzene rings is 1. The predicted molar refractivity (Wildman–Crippen MR) is 79.5 cm³/mol. The van der Waals surface area contributed by atoms with Crippen molar-refractivity contribution in [2.24, 2.45) is 0 Å². The standard InChI is InChI=1S/C17H20F2O3/c1-3-13-14(18)9-12(10-15(13)19)21-11-16(20)22-17(4-2)7-5-6-8-17/h3,9-10H,1,4-8,11H2,2H3. The molecule has 120 valence electrons. The molecule has 1 aromatic rings. The van der Waals surface area contributed by atoms with Crippen LogP contribution in [0.2, 0.25) is 0 Å². The van der Waals surface area contributed by atoms with Crippen LogP contribution < -0.4 is 4.74 Å². The van der Waals surface area contributed by atoms with Crippen LogP contribution in [0.25, 0.3) is 6.08 Å². The van der Waals surface area contributed by atoms with Crippen molar-refractivity contribution >= 4 is 12.0 Å².